The number of hydrogen-bond acceptors (Lipinski definition) is 3. The van der Waals surface area contributed by atoms with Crippen molar-refractivity contribution in [3.05, 3.63) is 0 Å². The maximum absolute atomic E-state index is 12.4. The highest BCUT2D eigenvalue weighted by Crippen LogP contribution is 2.30. The zero-order valence-electron chi connectivity index (χ0n) is 11.8. The van der Waals surface area contributed by atoms with Crippen LogP contribution in [-0.4, -0.2) is 53.3 Å². The van der Waals surface area contributed by atoms with Gasteiger partial charge in [0.15, 0.2) is 0 Å². The van der Waals surface area contributed by atoms with Gasteiger partial charge in [-0.1, -0.05) is 12.8 Å². The zero-order valence-corrected chi connectivity index (χ0v) is 12.6. The van der Waals surface area contributed by atoms with Crippen LogP contribution in [0.25, 0.3) is 0 Å². The number of rotatable bonds is 2. The van der Waals surface area contributed by atoms with Crippen molar-refractivity contribution in [3.63, 3.8) is 0 Å². The van der Waals surface area contributed by atoms with Crippen molar-refractivity contribution >= 4 is 24.2 Å². The number of nitrogens with zero attached hydrogens (tertiary/aromatic N) is 2. The van der Waals surface area contributed by atoms with Crippen LogP contribution in [0, 0.1) is 5.92 Å². The average molecular weight is 302 g/mol. The molecule has 3 fully saturated rings. The highest BCUT2D eigenvalue weighted by atomic mass is 35.5. The van der Waals surface area contributed by atoms with Crippen LogP contribution >= 0.6 is 12.4 Å². The second-order valence-electron chi connectivity index (χ2n) is 6.22. The summed E-state index contributed by atoms with van der Waals surface area (Å²) in [5, 5.41) is 0. The van der Waals surface area contributed by atoms with Crippen LogP contribution < -0.4 is 5.73 Å². The molecule has 2 atom stereocenters. The lowest BCUT2D eigenvalue weighted by molar-refractivity contribution is -0.134. The van der Waals surface area contributed by atoms with Crippen molar-refractivity contribution in [3.8, 4) is 0 Å². The molecule has 20 heavy (non-hydrogen) atoms. The summed E-state index contributed by atoms with van der Waals surface area (Å²) in [7, 11) is 0. The number of nitrogens with two attached hydrogens (primary N) is 1. The molecule has 2 amide bonds. The van der Waals surface area contributed by atoms with E-state index in [2.05, 4.69) is 0 Å². The van der Waals surface area contributed by atoms with Crippen molar-refractivity contribution in [2.75, 3.05) is 19.6 Å². The average Bonchev–Trinajstić information content (AvgIpc) is 3.07. The molecule has 6 heteroatoms. The molecule has 2 saturated heterocycles. The molecule has 0 aromatic heterocycles. The zero-order chi connectivity index (χ0) is 13.4. The van der Waals surface area contributed by atoms with Gasteiger partial charge in [-0.05, 0) is 19.3 Å². The molecule has 1 saturated carbocycles. The number of likely N-dealkylation sites (tertiary alicyclic amines) is 2. The van der Waals surface area contributed by atoms with E-state index in [-0.39, 0.29) is 36.2 Å². The fourth-order valence-electron chi connectivity index (χ4n) is 3.71. The van der Waals surface area contributed by atoms with Gasteiger partial charge in [0.2, 0.25) is 11.8 Å². The SMILES string of the molecule is Cl.N[C@@H]1CCN(C(=O)C2CC(=O)N(C3CCCC3)C2)C1. The highest BCUT2D eigenvalue weighted by molar-refractivity contribution is 5.89. The van der Waals surface area contributed by atoms with E-state index in [9.17, 15) is 9.59 Å². The Morgan fingerprint density at radius 3 is 2.45 bits per heavy atom. The van der Waals surface area contributed by atoms with Gasteiger partial charge >= 0.3 is 0 Å². The third kappa shape index (κ3) is 2.93. The minimum absolute atomic E-state index is 0. The number of carbonyl (C=O) groups is 2. The van der Waals surface area contributed by atoms with Gasteiger partial charge in [-0.3, -0.25) is 9.59 Å². The molecule has 5 nitrogen and oxygen atoms in total. The maximum atomic E-state index is 12.4. The summed E-state index contributed by atoms with van der Waals surface area (Å²) in [5.74, 6) is 0.189. The lowest BCUT2D eigenvalue weighted by atomic mass is 10.1. The first-order valence-corrected chi connectivity index (χ1v) is 7.49. The summed E-state index contributed by atoms with van der Waals surface area (Å²) >= 11 is 0. The van der Waals surface area contributed by atoms with E-state index in [4.69, 9.17) is 5.73 Å². The second-order valence-corrected chi connectivity index (χ2v) is 6.22. The summed E-state index contributed by atoms with van der Waals surface area (Å²) in [6, 6.07) is 0.512. The molecule has 0 radical (unpaired) electrons. The van der Waals surface area contributed by atoms with Gasteiger partial charge in [-0.15, -0.1) is 12.4 Å². The molecule has 2 N–H and O–H groups in total. The van der Waals surface area contributed by atoms with Crippen LogP contribution in [0.1, 0.15) is 38.5 Å². The highest BCUT2D eigenvalue weighted by Gasteiger charge is 2.40. The molecule has 2 heterocycles. The fraction of sp³-hybridized carbons (Fsp3) is 0.857. The topological polar surface area (TPSA) is 66.6 Å². The van der Waals surface area contributed by atoms with Crippen molar-refractivity contribution < 1.29 is 9.59 Å². The predicted molar refractivity (Wildman–Crippen MR) is 78.5 cm³/mol. The fourth-order valence-corrected chi connectivity index (χ4v) is 3.71. The Morgan fingerprint density at radius 1 is 1.15 bits per heavy atom. The lowest BCUT2D eigenvalue weighted by Gasteiger charge is -2.25. The number of halogens is 1. The van der Waals surface area contributed by atoms with E-state index in [1.165, 1.54) is 12.8 Å². The first-order chi connectivity index (χ1) is 9.15. The van der Waals surface area contributed by atoms with Gasteiger partial charge in [0.25, 0.3) is 0 Å². The predicted octanol–water partition coefficient (Wildman–Crippen LogP) is 0.759. The summed E-state index contributed by atoms with van der Waals surface area (Å²) in [4.78, 5) is 28.3. The molecule has 3 rings (SSSR count). The monoisotopic (exact) mass is 301 g/mol. The van der Waals surface area contributed by atoms with Gasteiger partial charge < -0.3 is 15.5 Å². The van der Waals surface area contributed by atoms with E-state index >= 15 is 0 Å². The molecule has 0 bridgehead atoms. The van der Waals surface area contributed by atoms with Crippen LogP contribution in [0.2, 0.25) is 0 Å². The Bertz CT molecular complexity index is 385. The minimum atomic E-state index is -0.126. The summed E-state index contributed by atoms with van der Waals surface area (Å²) in [6.07, 6.45) is 5.95. The first kappa shape index (κ1) is 15.6. The van der Waals surface area contributed by atoms with Gasteiger partial charge in [0, 0.05) is 38.1 Å². The molecule has 0 aromatic rings. The van der Waals surface area contributed by atoms with Crippen LogP contribution in [0.5, 0.6) is 0 Å². The molecule has 0 spiro atoms. The minimum Gasteiger partial charge on any atom is -0.341 e. The lowest BCUT2D eigenvalue weighted by Crippen LogP contribution is -2.39. The van der Waals surface area contributed by atoms with Crippen molar-refractivity contribution in [1.29, 1.82) is 0 Å². The van der Waals surface area contributed by atoms with E-state index in [1.54, 1.807) is 0 Å². The Balaban J connectivity index is 0.00000147. The normalized spacial score (nSPS) is 30.9. The smallest absolute Gasteiger partial charge is 0.228 e. The standard InChI is InChI=1S/C14H23N3O2.ClH/c15-11-5-6-16(9-11)14(19)10-7-13(18)17(8-10)12-3-1-2-4-12;/h10-12H,1-9,15H2;1H/t10?,11-;/m1./s1. The van der Waals surface area contributed by atoms with Gasteiger partial charge in [-0.25, -0.2) is 0 Å². The van der Waals surface area contributed by atoms with Crippen molar-refractivity contribution in [2.45, 2.75) is 50.6 Å². The Kier molecular flexibility index (Phi) is 4.91. The van der Waals surface area contributed by atoms with E-state index in [0.717, 1.165) is 25.8 Å². The number of carbonyl (C=O) groups excluding carboxylic acids is 2. The van der Waals surface area contributed by atoms with Gasteiger partial charge in [-0.2, -0.15) is 0 Å². The van der Waals surface area contributed by atoms with Crippen molar-refractivity contribution in [1.82, 2.24) is 9.80 Å². The van der Waals surface area contributed by atoms with Gasteiger partial charge in [0.05, 0.1) is 5.92 Å². The van der Waals surface area contributed by atoms with Crippen molar-refractivity contribution in [2.24, 2.45) is 11.7 Å². The summed E-state index contributed by atoms with van der Waals surface area (Å²) in [5.41, 5.74) is 5.84. The number of hydrogen-bond donors (Lipinski definition) is 1. The first-order valence-electron chi connectivity index (χ1n) is 7.49. The van der Waals surface area contributed by atoms with E-state index in [1.807, 2.05) is 9.80 Å². The van der Waals surface area contributed by atoms with Crippen LogP contribution in [-0.2, 0) is 9.59 Å². The van der Waals surface area contributed by atoms with Crippen LogP contribution in [0.4, 0.5) is 0 Å². The third-order valence-corrected chi connectivity index (χ3v) is 4.81. The summed E-state index contributed by atoms with van der Waals surface area (Å²) < 4.78 is 0. The Morgan fingerprint density at radius 2 is 1.85 bits per heavy atom. The Hall–Kier alpha value is -0.810. The molecule has 1 aliphatic carbocycles. The second kappa shape index (κ2) is 6.31. The molecule has 1 unspecified atom stereocenters. The van der Waals surface area contributed by atoms with E-state index in [0.29, 0.717) is 25.6 Å². The molecular formula is C14H24ClN3O2. The quantitative estimate of drug-likeness (QED) is 0.819. The number of amides is 2. The maximum Gasteiger partial charge on any atom is 0.228 e. The van der Waals surface area contributed by atoms with Crippen LogP contribution in [0.15, 0.2) is 0 Å². The summed E-state index contributed by atoms with van der Waals surface area (Å²) in [6.45, 7) is 2.05. The third-order valence-electron chi connectivity index (χ3n) is 4.81. The Labute approximate surface area is 126 Å². The van der Waals surface area contributed by atoms with E-state index < -0.39 is 0 Å². The van der Waals surface area contributed by atoms with Gasteiger partial charge in [0.1, 0.15) is 0 Å². The molecule has 2 aliphatic heterocycles. The largest absolute Gasteiger partial charge is 0.341 e. The van der Waals surface area contributed by atoms with Crippen LogP contribution in [0.3, 0.4) is 0 Å². The molecule has 114 valence electrons. The molecular weight excluding hydrogens is 278 g/mol. The molecule has 0 aromatic carbocycles. The molecule has 3 aliphatic rings.